The summed E-state index contributed by atoms with van der Waals surface area (Å²) < 4.78 is 0. The van der Waals surface area contributed by atoms with E-state index < -0.39 is 0 Å². The van der Waals surface area contributed by atoms with Crippen LogP contribution in [0.4, 0.5) is 0 Å². The third kappa shape index (κ3) is 2.92. The molecular formula is C11H23N3O. The maximum Gasteiger partial charge on any atom is 0.241 e. The number of nitrogens with two attached hydrogens (primary N) is 1. The van der Waals surface area contributed by atoms with Gasteiger partial charge in [0.05, 0.1) is 5.41 Å². The van der Waals surface area contributed by atoms with Crippen molar-refractivity contribution in [1.29, 1.82) is 0 Å². The normalized spacial score (nSPS) is 31.7. The Morgan fingerprint density at radius 1 is 1.47 bits per heavy atom. The fourth-order valence-electron chi connectivity index (χ4n) is 2.16. The fourth-order valence-corrected chi connectivity index (χ4v) is 2.16. The summed E-state index contributed by atoms with van der Waals surface area (Å²) in [6, 6.07) is 0. The van der Waals surface area contributed by atoms with E-state index in [2.05, 4.69) is 12.3 Å². The molecule has 3 N–H and O–H groups in total. The Balaban J connectivity index is 2.64. The first-order valence-electron chi connectivity index (χ1n) is 5.68. The first-order chi connectivity index (χ1) is 7.00. The second-order valence-electron chi connectivity index (χ2n) is 5.00. The lowest BCUT2D eigenvalue weighted by atomic mass is 9.70. The van der Waals surface area contributed by atoms with E-state index in [1.165, 1.54) is 0 Å². The highest BCUT2D eigenvalue weighted by Gasteiger charge is 2.39. The van der Waals surface area contributed by atoms with Gasteiger partial charge in [-0.3, -0.25) is 10.2 Å². The molecule has 0 aromatic rings. The molecule has 0 aromatic heterocycles. The molecule has 1 fully saturated rings. The Morgan fingerprint density at radius 3 is 2.40 bits per heavy atom. The maximum absolute atomic E-state index is 12.0. The van der Waals surface area contributed by atoms with Crippen molar-refractivity contribution < 1.29 is 4.79 Å². The van der Waals surface area contributed by atoms with E-state index in [1.54, 1.807) is 5.01 Å². The van der Waals surface area contributed by atoms with Crippen molar-refractivity contribution in [3.8, 4) is 0 Å². The molecule has 0 atom stereocenters. The molecule has 0 saturated heterocycles. The SMILES string of the molecule is CC1CCC(CN)(C(=O)NN(C)C)CC1. The monoisotopic (exact) mass is 213 g/mol. The number of hydrogen-bond donors (Lipinski definition) is 2. The molecule has 1 rings (SSSR count). The molecule has 1 aliphatic carbocycles. The summed E-state index contributed by atoms with van der Waals surface area (Å²) in [5.41, 5.74) is 8.29. The zero-order chi connectivity index (χ0) is 11.5. The molecular weight excluding hydrogens is 190 g/mol. The Kier molecular flexibility index (Phi) is 4.11. The molecule has 0 heterocycles. The zero-order valence-corrected chi connectivity index (χ0v) is 10.0. The van der Waals surface area contributed by atoms with Crippen LogP contribution in [0.5, 0.6) is 0 Å². The summed E-state index contributed by atoms with van der Waals surface area (Å²) in [7, 11) is 3.65. The van der Waals surface area contributed by atoms with Crippen LogP contribution in [0.15, 0.2) is 0 Å². The molecule has 4 heteroatoms. The van der Waals surface area contributed by atoms with Crippen molar-refractivity contribution in [1.82, 2.24) is 10.4 Å². The average molecular weight is 213 g/mol. The highest BCUT2D eigenvalue weighted by Crippen LogP contribution is 2.38. The van der Waals surface area contributed by atoms with Crippen molar-refractivity contribution >= 4 is 5.91 Å². The molecule has 15 heavy (non-hydrogen) atoms. The van der Waals surface area contributed by atoms with E-state index in [9.17, 15) is 4.79 Å². The lowest BCUT2D eigenvalue weighted by Gasteiger charge is -2.37. The van der Waals surface area contributed by atoms with E-state index in [0.717, 1.165) is 31.6 Å². The van der Waals surface area contributed by atoms with Crippen LogP contribution < -0.4 is 11.2 Å². The molecule has 0 bridgehead atoms. The number of carbonyl (C=O) groups excluding carboxylic acids is 1. The number of nitrogens with zero attached hydrogens (tertiary/aromatic N) is 1. The van der Waals surface area contributed by atoms with E-state index in [-0.39, 0.29) is 11.3 Å². The Hall–Kier alpha value is -0.610. The van der Waals surface area contributed by atoms with Gasteiger partial charge in [-0.2, -0.15) is 0 Å². The topological polar surface area (TPSA) is 58.4 Å². The second kappa shape index (κ2) is 4.94. The van der Waals surface area contributed by atoms with Crippen LogP contribution in [0, 0.1) is 11.3 Å². The summed E-state index contributed by atoms with van der Waals surface area (Å²) >= 11 is 0. The molecule has 0 unspecified atom stereocenters. The van der Waals surface area contributed by atoms with Gasteiger partial charge in [0.2, 0.25) is 5.91 Å². The highest BCUT2D eigenvalue weighted by molar-refractivity contribution is 5.82. The molecule has 0 spiro atoms. The van der Waals surface area contributed by atoms with Crippen LogP contribution in [0.3, 0.4) is 0 Å². The molecule has 88 valence electrons. The van der Waals surface area contributed by atoms with Gasteiger partial charge in [-0.05, 0) is 31.6 Å². The molecule has 1 amide bonds. The van der Waals surface area contributed by atoms with Crippen LogP contribution in [-0.2, 0) is 4.79 Å². The number of carbonyl (C=O) groups is 1. The standard InChI is InChI=1S/C11H23N3O/c1-9-4-6-11(8-12,7-5-9)10(15)13-14(2)3/h9H,4-8,12H2,1-3H3,(H,13,15). The Morgan fingerprint density at radius 2 is 2.00 bits per heavy atom. The number of rotatable bonds is 3. The third-order valence-corrected chi connectivity index (χ3v) is 3.43. The van der Waals surface area contributed by atoms with Gasteiger partial charge in [0.15, 0.2) is 0 Å². The summed E-state index contributed by atoms with van der Waals surface area (Å²) in [5.74, 6) is 0.818. The summed E-state index contributed by atoms with van der Waals surface area (Å²) in [6.07, 6.45) is 4.06. The van der Waals surface area contributed by atoms with Crippen molar-refractivity contribution in [3.05, 3.63) is 0 Å². The molecule has 4 nitrogen and oxygen atoms in total. The van der Waals surface area contributed by atoms with E-state index >= 15 is 0 Å². The summed E-state index contributed by atoms with van der Waals surface area (Å²) in [6.45, 7) is 2.70. The second-order valence-corrected chi connectivity index (χ2v) is 5.00. The van der Waals surface area contributed by atoms with Gasteiger partial charge in [-0.15, -0.1) is 0 Å². The predicted molar refractivity (Wildman–Crippen MR) is 60.9 cm³/mol. The van der Waals surface area contributed by atoms with Gasteiger partial charge >= 0.3 is 0 Å². The predicted octanol–water partition coefficient (Wildman–Crippen LogP) is 0.734. The molecule has 0 aromatic carbocycles. The average Bonchev–Trinajstić information content (AvgIpc) is 2.18. The minimum Gasteiger partial charge on any atom is -0.329 e. The van der Waals surface area contributed by atoms with Crippen molar-refractivity contribution in [2.45, 2.75) is 32.6 Å². The van der Waals surface area contributed by atoms with Crippen LogP contribution in [0.25, 0.3) is 0 Å². The molecule has 1 saturated carbocycles. The minimum absolute atomic E-state index is 0.0851. The molecule has 0 aliphatic heterocycles. The number of nitrogens with one attached hydrogen (secondary N) is 1. The third-order valence-electron chi connectivity index (χ3n) is 3.43. The van der Waals surface area contributed by atoms with Crippen molar-refractivity contribution in [2.24, 2.45) is 17.1 Å². The van der Waals surface area contributed by atoms with Crippen LogP contribution in [-0.4, -0.2) is 31.6 Å². The Bertz CT molecular complexity index is 220. The van der Waals surface area contributed by atoms with Crippen LogP contribution in [0.1, 0.15) is 32.6 Å². The van der Waals surface area contributed by atoms with Gasteiger partial charge in [0.25, 0.3) is 0 Å². The van der Waals surface area contributed by atoms with Gasteiger partial charge in [0.1, 0.15) is 0 Å². The van der Waals surface area contributed by atoms with Gasteiger partial charge in [0, 0.05) is 20.6 Å². The maximum atomic E-state index is 12.0. The van der Waals surface area contributed by atoms with Gasteiger partial charge < -0.3 is 5.73 Å². The number of amides is 1. The fraction of sp³-hybridized carbons (Fsp3) is 0.909. The lowest BCUT2D eigenvalue weighted by molar-refractivity contribution is -0.136. The van der Waals surface area contributed by atoms with Gasteiger partial charge in [-0.25, -0.2) is 5.01 Å². The highest BCUT2D eigenvalue weighted by atomic mass is 16.2. The first kappa shape index (κ1) is 12.5. The first-order valence-corrected chi connectivity index (χ1v) is 5.68. The quantitative estimate of drug-likeness (QED) is 0.680. The number of hydrazine groups is 1. The number of hydrogen-bond acceptors (Lipinski definition) is 3. The Labute approximate surface area is 92.2 Å². The molecule has 1 aliphatic rings. The summed E-state index contributed by atoms with van der Waals surface area (Å²) in [4.78, 5) is 12.0. The largest absolute Gasteiger partial charge is 0.329 e. The molecule has 0 radical (unpaired) electrons. The van der Waals surface area contributed by atoms with E-state index in [0.29, 0.717) is 6.54 Å². The summed E-state index contributed by atoms with van der Waals surface area (Å²) in [5, 5.41) is 1.69. The van der Waals surface area contributed by atoms with E-state index in [4.69, 9.17) is 5.73 Å². The van der Waals surface area contributed by atoms with Crippen molar-refractivity contribution in [3.63, 3.8) is 0 Å². The smallest absolute Gasteiger partial charge is 0.241 e. The van der Waals surface area contributed by atoms with Crippen LogP contribution >= 0.6 is 0 Å². The lowest BCUT2D eigenvalue weighted by Crippen LogP contribution is -2.51. The minimum atomic E-state index is -0.323. The van der Waals surface area contributed by atoms with Crippen molar-refractivity contribution in [2.75, 3.05) is 20.6 Å². The van der Waals surface area contributed by atoms with Crippen LogP contribution in [0.2, 0.25) is 0 Å². The van der Waals surface area contributed by atoms with E-state index in [1.807, 2.05) is 14.1 Å². The van der Waals surface area contributed by atoms with Gasteiger partial charge in [-0.1, -0.05) is 6.92 Å². The zero-order valence-electron chi connectivity index (χ0n) is 10.0.